The minimum atomic E-state index is -0.610. The van der Waals surface area contributed by atoms with Crippen molar-refractivity contribution in [2.45, 2.75) is 25.9 Å². The molecular formula is C19H18N2O5S. The Hall–Kier alpha value is -2.87. The van der Waals surface area contributed by atoms with E-state index in [0.29, 0.717) is 27.5 Å². The molecule has 0 fully saturated rings. The van der Waals surface area contributed by atoms with E-state index in [1.165, 1.54) is 19.1 Å². The molecule has 7 nitrogen and oxygen atoms in total. The van der Waals surface area contributed by atoms with Crippen LogP contribution in [0.3, 0.4) is 0 Å². The molecule has 0 saturated carbocycles. The number of esters is 1. The summed E-state index contributed by atoms with van der Waals surface area (Å²) in [5.41, 5.74) is 1.13. The van der Waals surface area contributed by atoms with Gasteiger partial charge in [0, 0.05) is 4.88 Å². The molecule has 0 radical (unpaired) electrons. The fourth-order valence-electron chi connectivity index (χ4n) is 3.37. The molecule has 1 N–H and O–H groups in total. The van der Waals surface area contributed by atoms with Crippen molar-refractivity contribution in [3.8, 4) is 11.5 Å². The molecule has 27 heavy (non-hydrogen) atoms. The van der Waals surface area contributed by atoms with Gasteiger partial charge in [0.1, 0.15) is 34.3 Å². The highest BCUT2D eigenvalue weighted by atomic mass is 32.1. The van der Waals surface area contributed by atoms with Crippen molar-refractivity contribution >= 4 is 27.5 Å². The zero-order chi connectivity index (χ0) is 19.0. The Kier molecular flexibility index (Phi) is 4.57. The van der Waals surface area contributed by atoms with Crippen molar-refractivity contribution < 1.29 is 19.0 Å². The van der Waals surface area contributed by atoms with E-state index < -0.39 is 5.97 Å². The van der Waals surface area contributed by atoms with Gasteiger partial charge >= 0.3 is 5.97 Å². The Labute approximate surface area is 158 Å². The van der Waals surface area contributed by atoms with Crippen LogP contribution in [-0.2, 0) is 24.2 Å². The van der Waals surface area contributed by atoms with Crippen LogP contribution in [0.2, 0.25) is 0 Å². The number of nitrogens with one attached hydrogen (secondary N) is 1. The molecule has 0 unspecified atom stereocenters. The van der Waals surface area contributed by atoms with Gasteiger partial charge in [-0.2, -0.15) is 0 Å². The molecule has 0 atom stereocenters. The second-order valence-corrected chi connectivity index (χ2v) is 7.25. The van der Waals surface area contributed by atoms with E-state index in [4.69, 9.17) is 14.2 Å². The third-order valence-corrected chi connectivity index (χ3v) is 5.78. The highest BCUT2D eigenvalue weighted by molar-refractivity contribution is 7.18. The average molecular weight is 386 g/mol. The number of aromatic amines is 1. The Bertz CT molecular complexity index is 1060. The number of nitrogens with zero attached hydrogens (tertiary/aromatic N) is 1. The first-order valence-corrected chi connectivity index (χ1v) is 9.35. The van der Waals surface area contributed by atoms with E-state index in [-0.39, 0.29) is 17.7 Å². The molecular weight excluding hydrogens is 368 g/mol. The molecule has 1 aliphatic rings. The van der Waals surface area contributed by atoms with Crippen LogP contribution in [0, 0.1) is 0 Å². The van der Waals surface area contributed by atoms with Gasteiger partial charge in [0.05, 0.1) is 19.6 Å². The molecule has 0 spiro atoms. The van der Waals surface area contributed by atoms with Crippen LogP contribution in [0.4, 0.5) is 0 Å². The van der Waals surface area contributed by atoms with Crippen molar-refractivity contribution in [1.29, 1.82) is 0 Å². The Morgan fingerprint density at radius 3 is 2.67 bits per heavy atom. The molecule has 2 aromatic heterocycles. The monoisotopic (exact) mass is 386 g/mol. The molecule has 140 valence electrons. The SMILES string of the molecule is COc1cccc(OC)c1C(=O)OCc1nc2sc3c(c2c(=O)[nH]1)CCC3. The first kappa shape index (κ1) is 17.5. The lowest BCUT2D eigenvalue weighted by Gasteiger charge is -2.12. The van der Waals surface area contributed by atoms with Crippen molar-refractivity contribution in [3.63, 3.8) is 0 Å². The lowest BCUT2D eigenvalue weighted by molar-refractivity contribution is 0.0455. The first-order valence-electron chi connectivity index (χ1n) is 8.54. The van der Waals surface area contributed by atoms with Crippen LogP contribution >= 0.6 is 11.3 Å². The van der Waals surface area contributed by atoms with Crippen LogP contribution < -0.4 is 15.0 Å². The smallest absolute Gasteiger partial charge is 0.346 e. The van der Waals surface area contributed by atoms with Crippen LogP contribution in [-0.4, -0.2) is 30.2 Å². The van der Waals surface area contributed by atoms with E-state index in [9.17, 15) is 9.59 Å². The highest BCUT2D eigenvalue weighted by Gasteiger charge is 2.23. The van der Waals surface area contributed by atoms with E-state index in [2.05, 4.69) is 9.97 Å². The van der Waals surface area contributed by atoms with Gasteiger partial charge in [0.2, 0.25) is 0 Å². The van der Waals surface area contributed by atoms with Crippen molar-refractivity contribution in [2.24, 2.45) is 0 Å². The molecule has 0 saturated heterocycles. The number of H-pyrrole nitrogens is 1. The lowest BCUT2D eigenvalue weighted by Crippen LogP contribution is -2.15. The zero-order valence-electron chi connectivity index (χ0n) is 15.0. The normalized spacial score (nSPS) is 12.8. The third-order valence-electron chi connectivity index (χ3n) is 4.60. The summed E-state index contributed by atoms with van der Waals surface area (Å²) in [6, 6.07) is 5.02. The number of hydrogen-bond acceptors (Lipinski definition) is 7. The second kappa shape index (κ2) is 7.03. The number of rotatable bonds is 5. The third kappa shape index (κ3) is 3.06. The Morgan fingerprint density at radius 1 is 1.22 bits per heavy atom. The fourth-order valence-corrected chi connectivity index (χ4v) is 4.65. The lowest BCUT2D eigenvalue weighted by atomic mass is 10.2. The predicted octanol–water partition coefficient (Wildman–Crippen LogP) is 2.85. The number of carbonyl (C=O) groups excluding carboxylic acids is 1. The zero-order valence-corrected chi connectivity index (χ0v) is 15.8. The van der Waals surface area contributed by atoms with E-state index in [0.717, 1.165) is 24.8 Å². The van der Waals surface area contributed by atoms with Crippen molar-refractivity contribution in [3.05, 3.63) is 50.4 Å². The molecule has 0 bridgehead atoms. The molecule has 3 aromatic rings. The van der Waals surface area contributed by atoms with E-state index in [1.807, 2.05) is 0 Å². The number of aryl methyl sites for hydroxylation is 2. The van der Waals surface area contributed by atoms with Crippen molar-refractivity contribution in [1.82, 2.24) is 9.97 Å². The first-order chi connectivity index (χ1) is 13.1. The highest BCUT2D eigenvalue weighted by Crippen LogP contribution is 2.34. The second-order valence-electron chi connectivity index (χ2n) is 6.16. The summed E-state index contributed by atoms with van der Waals surface area (Å²) in [5.74, 6) is 0.409. The number of hydrogen-bond donors (Lipinski definition) is 1. The Balaban J connectivity index is 1.59. The number of aromatic nitrogens is 2. The summed E-state index contributed by atoms with van der Waals surface area (Å²) in [6.45, 7) is -0.145. The van der Waals surface area contributed by atoms with Crippen LogP contribution in [0.5, 0.6) is 11.5 Å². The summed E-state index contributed by atoms with van der Waals surface area (Å²) in [5, 5.41) is 0.675. The number of benzene rings is 1. The molecule has 0 aliphatic heterocycles. The standard InChI is InChI=1S/C19H18N2O5S/c1-24-11-6-4-7-12(25-2)16(11)19(23)26-9-14-20-17(22)15-10-5-3-8-13(10)27-18(15)21-14/h4,6-7H,3,5,8-9H2,1-2H3,(H,20,21,22). The maximum absolute atomic E-state index is 12.5. The quantitative estimate of drug-likeness (QED) is 0.678. The van der Waals surface area contributed by atoms with Gasteiger partial charge in [0.15, 0.2) is 0 Å². The number of ether oxygens (including phenoxy) is 3. The van der Waals surface area contributed by atoms with Crippen LogP contribution in [0.15, 0.2) is 23.0 Å². The van der Waals surface area contributed by atoms with Gasteiger partial charge in [-0.1, -0.05) is 6.07 Å². The minimum Gasteiger partial charge on any atom is -0.496 e. The molecule has 8 heteroatoms. The van der Waals surface area contributed by atoms with Crippen molar-refractivity contribution in [2.75, 3.05) is 14.2 Å². The van der Waals surface area contributed by atoms with Gasteiger partial charge < -0.3 is 19.2 Å². The summed E-state index contributed by atoms with van der Waals surface area (Å²) in [4.78, 5) is 34.1. The maximum atomic E-state index is 12.5. The van der Waals surface area contributed by atoms with Gasteiger partial charge in [-0.05, 0) is 37.0 Å². The summed E-state index contributed by atoms with van der Waals surface area (Å²) in [7, 11) is 2.93. The maximum Gasteiger partial charge on any atom is 0.346 e. The van der Waals surface area contributed by atoms with Gasteiger partial charge in [0.25, 0.3) is 5.56 Å². The van der Waals surface area contributed by atoms with Gasteiger partial charge in [-0.3, -0.25) is 4.79 Å². The summed E-state index contributed by atoms with van der Waals surface area (Å²) in [6.07, 6.45) is 2.99. The van der Waals surface area contributed by atoms with Gasteiger partial charge in [-0.25, -0.2) is 9.78 Å². The molecule has 4 rings (SSSR count). The molecule has 0 amide bonds. The van der Waals surface area contributed by atoms with Gasteiger partial charge in [-0.15, -0.1) is 11.3 Å². The Morgan fingerprint density at radius 2 is 1.96 bits per heavy atom. The molecule has 1 aromatic carbocycles. The molecule has 1 aliphatic carbocycles. The summed E-state index contributed by atoms with van der Waals surface area (Å²) >= 11 is 1.55. The number of methoxy groups -OCH3 is 2. The van der Waals surface area contributed by atoms with Crippen LogP contribution in [0.1, 0.15) is 33.0 Å². The van der Waals surface area contributed by atoms with E-state index >= 15 is 0 Å². The minimum absolute atomic E-state index is 0.145. The topological polar surface area (TPSA) is 90.5 Å². The summed E-state index contributed by atoms with van der Waals surface area (Å²) < 4.78 is 15.8. The number of fused-ring (bicyclic) bond motifs is 3. The fraction of sp³-hybridized carbons (Fsp3) is 0.316. The predicted molar refractivity (Wildman–Crippen MR) is 101 cm³/mol. The van der Waals surface area contributed by atoms with E-state index in [1.54, 1.807) is 29.5 Å². The average Bonchev–Trinajstić information content (AvgIpc) is 3.26. The largest absolute Gasteiger partial charge is 0.496 e. The number of thiophene rings is 1. The number of carbonyl (C=O) groups is 1. The molecule has 2 heterocycles. The van der Waals surface area contributed by atoms with Crippen LogP contribution in [0.25, 0.3) is 10.2 Å².